The van der Waals surface area contributed by atoms with Crippen molar-refractivity contribution < 1.29 is 18.6 Å². The van der Waals surface area contributed by atoms with Gasteiger partial charge in [-0.2, -0.15) is 0 Å². The second-order valence-electron chi connectivity index (χ2n) is 7.63. The molecule has 0 saturated carbocycles. The number of fused-ring (bicyclic) bond motifs is 2. The third-order valence-corrected chi connectivity index (χ3v) is 5.69. The molecule has 2 aliphatic rings. The van der Waals surface area contributed by atoms with Gasteiger partial charge in [-0.3, -0.25) is 5.41 Å². The van der Waals surface area contributed by atoms with Crippen molar-refractivity contribution in [2.75, 3.05) is 19.8 Å². The monoisotopic (exact) mass is 432 g/mol. The summed E-state index contributed by atoms with van der Waals surface area (Å²) in [5, 5.41) is 7.52. The smallest absolute Gasteiger partial charge is 0.279 e. The van der Waals surface area contributed by atoms with Crippen molar-refractivity contribution in [3.63, 3.8) is 0 Å². The van der Waals surface area contributed by atoms with Gasteiger partial charge in [0.05, 0.1) is 19.1 Å². The van der Waals surface area contributed by atoms with Crippen LogP contribution in [0.25, 0.3) is 16.7 Å². The topological polar surface area (TPSA) is 103 Å². The summed E-state index contributed by atoms with van der Waals surface area (Å²) in [5.41, 5.74) is 10.3. The normalized spacial score (nSPS) is 16.9. The fourth-order valence-electron chi connectivity index (χ4n) is 4.13. The lowest BCUT2D eigenvalue weighted by molar-refractivity contribution is 0.161. The van der Waals surface area contributed by atoms with Crippen LogP contribution in [0.3, 0.4) is 0 Å². The van der Waals surface area contributed by atoms with Crippen molar-refractivity contribution in [1.82, 2.24) is 9.97 Å². The van der Waals surface area contributed by atoms with Gasteiger partial charge in [0.1, 0.15) is 30.3 Å². The van der Waals surface area contributed by atoms with Crippen molar-refractivity contribution >= 4 is 11.6 Å². The lowest BCUT2D eigenvalue weighted by Gasteiger charge is -2.29. The molecule has 1 unspecified atom stereocenters. The maximum Gasteiger partial charge on any atom is 0.279 e. The Morgan fingerprint density at radius 3 is 2.69 bits per heavy atom. The lowest BCUT2D eigenvalue weighted by Crippen LogP contribution is -2.22. The number of hydrogen-bond acceptors (Lipinski definition) is 6. The van der Waals surface area contributed by atoms with Crippen LogP contribution in [0.5, 0.6) is 11.5 Å². The van der Waals surface area contributed by atoms with Gasteiger partial charge in [-0.1, -0.05) is 12.1 Å². The first-order chi connectivity index (χ1) is 15.6. The zero-order valence-corrected chi connectivity index (χ0v) is 17.2. The highest BCUT2D eigenvalue weighted by Crippen LogP contribution is 2.47. The molecule has 0 bridgehead atoms. The quantitative estimate of drug-likeness (QED) is 0.472. The molecule has 3 heterocycles. The number of rotatable bonds is 4. The summed E-state index contributed by atoms with van der Waals surface area (Å²) >= 11 is 0. The number of aromatic nitrogens is 2. The van der Waals surface area contributed by atoms with Gasteiger partial charge >= 0.3 is 0 Å². The van der Waals surface area contributed by atoms with Crippen molar-refractivity contribution in [3.05, 3.63) is 77.6 Å². The molecule has 32 heavy (non-hydrogen) atoms. The average molecular weight is 432 g/mol. The molecule has 2 aliphatic heterocycles. The standard InChI is InChI=1S/C24H21FN4O3/c25-21-9-23-19(8-17(21)16-10-28-13-29-11-16)20(12-31-24(26)27)18-7-15(1-2-22(18)32-23)14-3-5-30-6-4-14/h1-3,7-11,13,20H,4-6,12H2,(H3,26,27). The Morgan fingerprint density at radius 1 is 1.12 bits per heavy atom. The molecule has 8 heteroatoms. The first kappa shape index (κ1) is 20.1. The van der Waals surface area contributed by atoms with E-state index in [1.807, 2.05) is 12.1 Å². The van der Waals surface area contributed by atoms with Crippen LogP contribution >= 0.6 is 0 Å². The third-order valence-electron chi connectivity index (χ3n) is 5.69. The van der Waals surface area contributed by atoms with Crippen molar-refractivity contribution in [1.29, 1.82) is 5.41 Å². The SMILES string of the molecule is N=C(N)OCC1c2cc(C3=CCOCC3)ccc2Oc2cc(F)c(-c3cncnc3)cc21. The van der Waals surface area contributed by atoms with Crippen LogP contribution in [0.15, 0.2) is 55.1 Å². The van der Waals surface area contributed by atoms with Gasteiger partial charge in [-0.25, -0.2) is 14.4 Å². The highest BCUT2D eigenvalue weighted by atomic mass is 19.1. The number of ether oxygens (including phenoxy) is 3. The first-order valence-electron chi connectivity index (χ1n) is 10.2. The Kier molecular flexibility index (Phi) is 5.28. The minimum Gasteiger partial charge on any atom is -0.465 e. The molecule has 3 N–H and O–H groups in total. The van der Waals surface area contributed by atoms with Gasteiger partial charge in [0.25, 0.3) is 6.02 Å². The molecule has 0 fully saturated rings. The predicted octanol–water partition coefficient (Wildman–Crippen LogP) is 4.23. The van der Waals surface area contributed by atoms with Crippen LogP contribution in [0.2, 0.25) is 0 Å². The molecule has 5 rings (SSSR count). The number of halogens is 1. The molecular formula is C24H21FN4O3. The molecule has 0 radical (unpaired) electrons. The Balaban J connectivity index is 1.62. The molecule has 162 valence electrons. The molecule has 1 aromatic heterocycles. The van der Waals surface area contributed by atoms with E-state index in [4.69, 9.17) is 25.4 Å². The number of nitrogens with one attached hydrogen (secondary N) is 1. The van der Waals surface area contributed by atoms with Crippen molar-refractivity contribution in [2.24, 2.45) is 5.73 Å². The fourth-order valence-corrected chi connectivity index (χ4v) is 4.13. The summed E-state index contributed by atoms with van der Waals surface area (Å²) in [4.78, 5) is 7.99. The van der Waals surface area contributed by atoms with E-state index in [0.29, 0.717) is 35.8 Å². The summed E-state index contributed by atoms with van der Waals surface area (Å²) < 4.78 is 31.9. The zero-order chi connectivity index (χ0) is 22.1. The van der Waals surface area contributed by atoms with Crippen LogP contribution in [0, 0.1) is 11.2 Å². The van der Waals surface area contributed by atoms with E-state index < -0.39 is 5.82 Å². The van der Waals surface area contributed by atoms with E-state index in [1.54, 1.807) is 18.5 Å². The van der Waals surface area contributed by atoms with Crippen LogP contribution in [0.1, 0.15) is 29.0 Å². The van der Waals surface area contributed by atoms with Gasteiger partial charge < -0.3 is 19.9 Å². The number of benzene rings is 2. The number of amidine groups is 1. The maximum absolute atomic E-state index is 14.9. The molecule has 7 nitrogen and oxygen atoms in total. The molecule has 2 aromatic carbocycles. The summed E-state index contributed by atoms with van der Waals surface area (Å²) in [6.07, 6.45) is 7.43. The van der Waals surface area contributed by atoms with Crippen LogP contribution in [-0.2, 0) is 9.47 Å². The van der Waals surface area contributed by atoms with Crippen molar-refractivity contribution in [3.8, 4) is 22.6 Å². The molecule has 0 spiro atoms. The Bertz CT molecular complexity index is 1210. The molecule has 1 atom stereocenters. The molecule has 0 aliphatic carbocycles. The molecule has 0 amide bonds. The number of nitrogens with two attached hydrogens (primary N) is 1. The summed E-state index contributed by atoms with van der Waals surface area (Å²) in [5.74, 6) is 0.297. The summed E-state index contributed by atoms with van der Waals surface area (Å²) in [6.45, 7) is 1.39. The minimum atomic E-state index is -0.433. The zero-order valence-electron chi connectivity index (χ0n) is 17.2. The summed E-state index contributed by atoms with van der Waals surface area (Å²) in [7, 11) is 0. The Morgan fingerprint density at radius 2 is 1.94 bits per heavy atom. The highest BCUT2D eigenvalue weighted by molar-refractivity contribution is 5.72. The number of hydrogen-bond donors (Lipinski definition) is 2. The molecule has 0 saturated heterocycles. The lowest BCUT2D eigenvalue weighted by atomic mass is 9.85. The van der Waals surface area contributed by atoms with E-state index in [2.05, 4.69) is 22.1 Å². The van der Waals surface area contributed by atoms with Gasteiger partial charge in [-0.15, -0.1) is 0 Å². The van der Waals surface area contributed by atoms with E-state index in [0.717, 1.165) is 23.1 Å². The van der Waals surface area contributed by atoms with E-state index in [-0.39, 0.29) is 18.5 Å². The van der Waals surface area contributed by atoms with Crippen LogP contribution in [0.4, 0.5) is 4.39 Å². The predicted molar refractivity (Wildman–Crippen MR) is 117 cm³/mol. The van der Waals surface area contributed by atoms with Crippen LogP contribution < -0.4 is 10.5 Å². The third kappa shape index (κ3) is 3.80. The number of nitrogens with zero attached hydrogens (tertiary/aromatic N) is 2. The van der Waals surface area contributed by atoms with Gasteiger partial charge in [-0.05, 0) is 35.8 Å². The molecular weight excluding hydrogens is 411 g/mol. The fraction of sp³-hybridized carbons (Fsp3) is 0.208. The van der Waals surface area contributed by atoms with E-state index >= 15 is 0 Å². The Hall–Kier alpha value is -3.78. The van der Waals surface area contributed by atoms with E-state index in [9.17, 15) is 4.39 Å². The van der Waals surface area contributed by atoms with Gasteiger partial charge in [0, 0.05) is 40.7 Å². The summed E-state index contributed by atoms with van der Waals surface area (Å²) in [6, 6.07) is 8.69. The molecule has 3 aromatic rings. The second kappa shape index (κ2) is 8.39. The second-order valence-corrected chi connectivity index (χ2v) is 7.63. The first-order valence-corrected chi connectivity index (χ1v) is 10.2. The highest BCUT2D eigenvalue weighted by Gasteiger charge is 2.30. The van der Waals surface area contributed by atoms with Crippen molar-refractivity contribution in [2.45, 2.75) is 12.3 Å². The largest absolute Gasteiger partial charge is 0.465 e. The average Bonchev–Trinajstić information content (AvgIpc) is 2.82. The van der Waals surface area contributed by atoms with Gasteiger partial charge in [0.2, 0.25) is 0 Å². The Labute approximate surface area is 184 Å². The minimum absolute atomic E-state index is 0.126. The van der Waals surface area contributed by atoms with Crippen LogP contribution in [-0.4, -0.2) is 35.8 Å². The maximum atomic E-state index is 14.9. The van der Waals surface area contributed by atoms with E-state index in [1.165, 1.54) is 18.0 Å². The van der Waals surface area contributed by atoms with Gasteiger partial charge in [0.15, 0.2) is 0 Å².